The largest absolute Gasteiger partial charge is 0.375 e. The van der Waals surface area contributed by atoms with E-state index in [0.29, 0.717) is 30.4 Å². The molecule has 1 aromatic carbocycles. The minimum atomic E-state index is -0.327. The van der Waals surface area contributed by atoms with Crippen molar-refractivity contribution in [1.82, 2.24) is 15.0 Å². The third kappa shape index (κ3) is 3.73. The lowest BCUT2D eigenvalue weighted by molar-refractivity contribution is -0.129. The highest BCUT2D eigenvalue weighted by atomic mass is 19.1. The van der Waals surface area contributed by atoms with Crippen LogP contribution in [0, 0.1) is 5.82 Å². The fourth-order valence-corrected chi connectivity index (χ4v) is 2.75. The van der Waals surface area contributed by atoms with Crippen LogP contribution in [0.5, 0.6) is 0 Å². The normalized spacial score (nSPS) is 17.7. The van der Waals surface area contributed by atoms with E-state index < -0.39 is 0 Å². The number of halogens is 1. The van der Waals surface area contributed by atoms with Crippen molar-refractivity contribution < 1.29 is 18.4 Å². The zero-order chi connectivity index (χ0) is 16.2. The summed E-state index contributed by atoms with van der Waals surface area (Å²) in [6.45, 7) is 1.48. The van der Waals surface area contributed by atoms with Crippen molar-refractivity contribution in [2.24, 2.45) is 0 Å². The summed E-state index contributed by atoms with van der Waals surface area (Å²) in [5.74, 6) is 0.775. The van der Waals surface area contributed by atoms with Crippen LogP contribution in [0.1, 0.15) is 29.6 Å². The topological polar surface area (TPSA) is 68.5 Å². The molecule has 3 rings (SSSR count). The van der Waals surface area contributed by atoms with Gasteiger partial charge in [-0.05, 0) is 24.1 Å². The van der Waals surface area contributed by atoms with E-state index in [9.17, 15) is 9.18 Å². The summed E-state index contributed by atoms with van der Waals surface area (Å²) in [7, 11) is 1.56. The Kier molecular flexibility index (Phi) is 4.66. The summed E-state index contributed by atoms with van der Waals surface area (Å²) >= 11 is 0. The number of carbonyl (C=O) groups is 1. The molecule has 1 atom stereocenters. The van der Waals surface area contributed by atoms with Crippen LogP contribution in [0.25, 0.3) is 0 Å². The zero-order valence-corrected chi connectivity index (χ0v) is 12.9. The summed E-state index contributed by atoms with van der Waals surface area (Å²) in [6, 6.07) is 6.13. The Morgan fingerprint density at radius 2 is 2.39 bits per heavy atom. The standard InChI is InChI=1S/C16H18FN3O3/c1-22-10-14-18-16(19-23-14)12-5-6-20(9-12)15(21)8-11-3-2-4-13(17)7-11/h2-4,7,12H,5-6,8-10H2,1H3. The van der Waals surface area contributed by atoms with Gasteiger partial charge in [-0.15, -0.1) is 0 Å². The Balaban J connectivity index is 1.59. The van der Waals surface area contributed by atoms with E-state index in [2.05, 4.69) is 10.1 Å². The van der Waals surface area contributed by atoms with Gasteiger partial charge in [-0.25, -0.2) is 4.39 Å². The molecule has 23 heavy (non-hydrogen) atoms. The summed E-state index contributed by atoms with van der Waals surface area (Å²) in [6.07, 6.45) is 0.993. The van der Waals surface area contributed by atoms with Crippen molar-refractivity contribution in [1.29, 1.82) is 0 Å². The fourth-order valence-electron chi connectivity index (χ4n) is 2.75. The Labute approximate surface area is 133 Å². The van der Waals surface area contributed by atoms with Crippen molar-refractivity contribution in [3.8, 4) is 0 Å². The first-order chi connectivity index (χ1) is 11.2. The number of nitrogens with zero attached hydrogens (tertiary/aromatic N) is 3. The highest BCUT2D eigenvalue weighted by molar-refractivity contribution is 5.79. The molecule has 0 radical (unpaired) electrons. The second kappa shape index (κ2) is 6.87. The number of ether oxygens (including phenoxy) is 1. The molecule has 122 valence electrons. The molecule has 1 amide bonds. The van der Waals surface area contributed by atoms with Gasteiger partial charge >= 0.3 is 0 Å². The molecule has 1 fully saturated rings. The third-order valence-corrected chi connectivity index (χ3v) is 3.90. The van der Waals surface area contributed by atoms with E-state index >= 15 is 0 Å². The number of hydrogen-bond acceptors (Lipinski definition) is 5. The number of amides is 1. The van der Waals surface area contributed by atoms with E-state index in [1.165, 1.54) is 12.1 Å². The number of hydrogen-bond donors (Lipinski definition) is 0. The molecule has 7 heteroatoms. The smallest absolute Gasteiger partial charge is 0.252 e. The second-order valence-corrected chi connectivity index (χ2v) is 5.61. The number of rotatable bonds is 5. The lowest BCUT2D eigenvalue weighted by Gasteiger charge is -2.15. The molecule has 2 heterocycles. The predicted molar refractivity (Wildman–Crippen MR) is 79.1 cm³/mol. The maximum Gasteiger partial charge on any atom is 0.252 e. The van der Waals surface area contributed by atoms with E-state index in [-0.39, 0.29) is 30.7 Å². The quantitative estimate of drug-likeness (QED) is 0.842. The van der Waals surface area contributed by atoms with Gasteiger partial charge in [0.25, 0.3) is 5.89 Å². The average molecular weight is 319 g/mol. The Morgan fingerprint density at radius 3 is 3.17 bits per heavy atom. The number of carbonyl (C=O) groups excluding carboxylic acids is 1. The van der Waals surface area contributed by atoms with E-state index in [1.54, 1.807) is 24.1 Å². The molecular weight excluding hydrogens is 301 g/mol. The Hall–Kier alpha value is -2.28. The molecule has 0 saturated carbocycles. The van der Waals surface area contributed by atoms with Gasteiger partial charge in [0.2, 0.25) is 5.91 Å². The van der Waals surface area contributed by atoms with Crippen molar-refractivity contribution in [3.63, 3.8) is 0 Å². The van der Waals surface area contributed by atoms with Crippen LogP contribution in [-0.4, -0.2) is 41.1 Å². The molecule has 1 aromatic heterocycles. The van der Waals surface area contributed by atoms with E-state index in [0.717, 1.165) is 6.42 Å². The first-order valence-corrected chi connectivity index (χ1v) is 7.49. The maximum atomic E-state index is 13.2. The minimum Gasteiger partial charge on any atom is -0.375 e. The van der Waals surface area contributed by atoms with Gasteiger partial charge in [0, 0.05) is 26.1 Å². The molecule has 1 aliphatic heterocycles. The Bertz CT molecular complexity index is 689. The van der Waals surface area contributed by atoms with Crippen LogP contribution in [0.2, 0.25) is 0 Å². The number of benzene rings is 1. The highest BCUT2D eigenvalue weighted by Crippen LogP contribution is 2.25. The zero-order valence-electron chi connectivity index (χ0n) is 12.9. The average Bonchev–Trinajstić information content (AvgIpc) is 3.16. The summed E-state index contributed by atoms with van der Waals surface area (Å²) in [5.41, 5.74) is 0.681. The SMILES string of the molecule is COCc1nc(C2CCN(C(=O)Cc3cccc(F)c3)C2)no1. The molecule has 1 aliphatic rings. The lowest BCUT2D eigenvalue weighted by Crippen LogP contribution is -2.30. The van der Waals surface area contributed by atoms with Crippen LogP contribution in [0.3, 0.4) is 0 Å². The van der Waals surface area contributed by atoms with Crippen LogP contribution in [0.4, 0.5) is 4.39 Å². The van der Waals surface area contributed by atoms with Gasteiger partial charge in [0.05, 0.1) is 6.42 Å². The molecule has 1 saturated heterocycles. The van der Waals surface area contributed by atoms with Crippen LogP contribution < -0.4 is 0 Å². The first-order valence-electron chi connectivity index (χ1n) is 7.49. The molecule has 0 spiro atoms. The molecular formula is C16H18FN3O3. The van der Waals surface area contributed by atoms with Gasteiger partial charge in [-0.2, -0.15) is 4.98 Å². The van der Waals surface area contributed by atoms with Crippen molar-refractivity contribution >= 4 is 5.91 Å². The lowest BCUT2D eigenvalue weighted by atomic mass is 10.1. The van der Waals surface area contributed by atoms with Gasteiger partial charge < -0.3 is 14.2 Å². The molecule has 2 aromatic rings. The Morgan fingerprint density at radius 1 is 1.52 bits per heavy atom. The first kappa shape index (κ1) is 15.6. The van der Waals surface area contributed by atoms with E-state index in [1.807, 2.05) is 0 Å². The number of methoxy groups -OCH3 is 1. The van der Waals surface area contributed by atoms with Crippen molar-refractivity contribution in [2.45, 2.75) is 25.4 Å². The van der Waals surface area contributed by atoms with Gasteiger partial charge in [0.1, 0.15) is 12.4 Å². The third-order valence-electron chi connectivity index (χ3n) is 3.90. The van der Waals surface area contributed by atoms with Crippen LogP contribution in [-0.2, 0) is 22.6 Å². The summed E-state index contributed by atoms with van der Waals surface area (Å²) in [5, 5.41) is 3.95. The molecule has 0 aliphatic carbocycles. The van der Waals surface area contributed by atoms with Crippen molar-refractivity contribution in [2.75, 3.05) is 20.2 Å². The van der Waals surface area contributed by atoms with Gasteiger partial charge in [-0.1, -0.05) is 17.3 Å². The van der Waals surface area contributed by atoms with Crippen molar-refractivity contribution in [3.05, 3.63) is 47.4 Å². The molecule has 0 bridgehead atoms. The summed E-state index contributed by atoms with van der Waals surface area (Å²) in [4.78, 5) is 18.4. The van der Waals surface area contributed by atoms with Crippen LogP contribution in [0.15, 0.2) is 28.8 Å². The fraction of sp³-hybridized carbons (Fsp3) is 0.438. The predicted octanol–water partition coefficient (Wildman–Crippen LogP) is 1.91. The maximum absolute atomic E-state index is 13.2. The minimum absolute atomic E-state index is 0.0151. The van der Waals surface area contributed by atoms with E-state index in [4.69, 9.17) is 9.26 Å². The summed E-state index contributed by atoms with van der Waals surface area (Å²) < 4.78 is 23.2. The van der Waals surface area contributed by atoms with Gasteiger partial charge in [0.15, 0.2) is 5.82 Å². The molecule has 6 nitrogen and oxygen atoms in total. The highest BCUT2D eigenvalue weighted by Gasteiger charge is 2.30. The molecule has 1 unspecified atom stereocenters. The number of likely N-dealkylation sites (tertiary alicyclic amines) is 1. The van der Waals surface area contributed by atoms with Gasteiger partial charge in [-0.3, -0.25) is 4.79 Å². The second-order valence-electron chi connectivity index (χ2n) is 5.61. The molecule has 0 N–H and O–H groups in total. The van der Waals surface area contributed by atoms with Crippen LogP contribution >= 0.6 is 0 Å². The number of aromatic nitrogens is 2. The monoisotopic (exact) mass is 319 g/mol.